The van der Waals surface area contributed by atoms with E-state index in [9.17, 15) is 9.59 Å². The molecule has 6 nitrogen and oxygen atoms in total. The van der Waals surface area contributed by atoms with Crippen LogP contribution in [0.25, 0.3) is 0 Å². The van der Waals surface area contributed by atoms with Crippen LogP contribution in [0.5, 0.6) is 0 Å². The number of hydrogen-bond donors (Lipinski definition) is 2. The van der Waals surface area contributed by atoms with Gasteiger partial charge < -0.3 is 19.8 Å². The fraction of sp³-hybridized carbons (Fsp3) is 0.778. The van der Waals surface area contributed by atoms with Crippen LogP contribution in [0.15, 0.2) is 0 Å². The number of carboxylic acids is 1. The number of carbonyl (C=O) groups excluding carboxylic acids is 1. The Labute approximate surface area is 88.4 Å². The molecule has 0 aromatic rings. The van der Waals surface area contributed by atoms with E-state index in [0.717, 1.165) is 6.42 Å². The topological polar surface area (TPSA) is 87.1 Å². The summed E-state index contributed by atoms with van der Waals surface area (Å²) in [4.78, 5) is 23.0. The highest BCUT2D eigenvalue weighted by atomic mass is 16.5. The molecule has 0 radical (unpaired) electrons. The maximum Gasteiger partial charge on any atom is 0.329 e. The monoisotopic (exact) mass is 219 g/mol. The number of ether oxygens (including phenoxy) is 1. The van der Waals surface area contributed by atoms with Crippen molar-refractivity contribution in [1.29, 1.82) is 0 Å². The molecule has 0 aliphatic rings. The molecule has 0 saturated heterocycles. The molecule has 0 rings (SSSR count). The summed E-state index contributed by atoms with van der Waals surface area (Å²) in [6.07, 6.45) is 0.782. The summed E-state index contributed by atoms with van der Waals surface area (Å²) in [6, 6.07) is 0. The lowest BCUT2D eigenvalue weighted by atomic mass is 10.4. The SMILES string of the molecule is CCCN(CCO)C(=O)COCC(=O)O. The largest absolute Gasteiger partial charge is 0.480 e. The van der Waals surface area contributed by atoms with E-state index in [1.807, 2.05) is 6.92 Å². The zero-order valence-electron chi connectivity index (χ0n) is 8.81. The predicted molar refractivity (Wildman–Crippen MR) is 52.4 cm³/mol. The van der Waals surface area contributed by atoms with Crippen LogP contribution in [0, 0.1) is 0 Å². The van der Waals surface area contributed by atoms with Gasteiger partial charge in [-0.05, 0) is 6.42 Å². The molecule has 0 unspecified atom stereocenters. The summed E-state index contributed by atoms with van der Waals surface area (Å²) in [5, 5.41) is 17.0. The average Bonchev–Trinajstić information content (AvgIpc) is 2.16. The van der Waals surface area contributed by atoms with Crippen molar-refractivity contribution in [3.63, 3.8) is 0 Å². The van der Waals surface area contributed by atoms with Gasteiger partial charge in [-0.1, -0.05) is 6.92 Å². The van der Waals surface area contributed by atoms with Gasteiger partial charge in [0.15, 0.2) is 0 Å². The van der Waals surface area contributed by atoms with Crippen molar-refractivity contribution in [2.24, 2.45) is 0 Å². The summed E-state index contributed by atoms with van der Waals surface area (Å²) in [7, 11) is 0. The molecule has 6 heteroatoms. The Morgan fingerprint density at radius 2 is 1.93 bits per heavy atom. The van der Waals surface area contributed by atoms with E-state index in [-0.39, 0.29) is 25.7 Å². The van der Waals surface area contributed by atoms with Gasteiger partial charge in [0, 0.05) is 13.1 Å². The van der Waals surface area contributed by atoms with E-state index >= 15 is 0 Å². The Hall–Kier alpha value is -1.14. The molecule has 88 valence electrons. The van der Waals surface area contributed by atoms with Gasteiger partial charge in [0.25, 0.3) is 0 Å². The van der Waals surface area contributed by atoms with Crippen LogP contribution in [0.1, 0.15) is 13.3 Å². The van der Waals surface area contributed by atoms with Gasteiger partial charge in [0.2, 0.25) is 5.91 Å². The minimum absolute atomic E-state index is 0.106. The van der Waals surface area contributed by atoms with Gasteiger partial charge in [-0.3, -0.25) is 4.79 Å². The highest BCUT2D eigenvalue weighted by molar-refractivity contribution is 5.78. The normalized spacial score (nSPS) is 10.0. The van der Waals surface area contributed by atoms with Crippen LogP contribution in [0.2, 0.25) is 0 Å². The minimum atomic E-state index is -1.10. The molecule has 0 atom stereocenters. The van der Waals surface area contributed by atoms with Crippen molar-refractivity contribution in [2.75, 3.05) is 32.9 Å². The first kappa shape index (κ1) is 13.9. The lowest BCUT2D eigenvalue weighted by Crippen LogP contribution is -2.37. The molecule has 0 aliphatic heterocycles. The third-order valence-corrected chi connectivity index (χ3v) is 1.67. The maximum absolute atomic E-state index is 11.4. The van der Waals surface area contributed by atoms with E-state index in [0.29, 0.717) is 6.54 Å². The second kappa shape index (κ2) is 8.19. The number of rotatable bonds is 8. The van der Waals surface area contributed by atoms with E-state index in [4.69, 9.17) is 10.2 Å². The zero-order valence-corrected chi connectivity index (χ0v) is 8.81. The number of aliphatic carboxylic acids is 1. The van der Waals surface area contributed by atoms with E-state index < -0.39 is 12.6 Å². The molecule has 0 aliphatic carbocycles. The molecule has 15 heavy (non-hydrogen) atoms. The molecule has 0 aromatic heterocycles. The second-order valence-electron chi connectivity index (χ2n) is 2.99. The predicted octanol–water partition coefficient (Wildman–Crippen LogP) is -0.681. The lowest BCUT2D eigenvalue weighted by Gasteiger charge is -2.20. The van der Waals surface area contributed by atoms with Crippen molar-refractivity contribution in [1.82, 2.24) is 4.90 Å². The number of carbonyl (C=O) groups is 2. The molecule has 0 saturated carbocycles. The van der Waals surface area contributed by atoms with Gasteiger partial charge in [0.1, 0.15) is 13.2 Å². The average molecular weight is 219 g/mol. The Kier molecular flexibility index (Phi) is 7.57. The number of hydrogen-bond acceptors (Lipinski definition) is 4. The van der Waals surface area contributed by atoms with Crippen LogP contribution in [-0.4, -0.2) is 59.9 Å². The van der Waals surface area contributed by atoms with Crippen LogP contribution in [-0.2, 0) is 14.3 Å². The Balaban J connectivity index is 3.85. The van der Waals surface area contributed by atoms with Gasteiger partial charge in [-0.2, -0.15) is 0 Å². The van der Waals surface area contributed by atoms with Crippen molar-refractivity contribution in [2.45, 2.75) is 13.3 Å². The van der Waals surface area contributed by atoms with E-state index in [1.54, 1.807) is 0 Å². The highest BCUT2D eigenvalue weighted by Crippen LogP contribution is 1.93. The fourth-order valence-electron chi connectivity index (χ4n) is 1.07. The molecule has 0 aromatic carbocycles. The van der Waals surface area contributed by atoms with Crippen molar-refractivity contribution in [3.05, 3.63) is 0 Å². The van der Waals surface area contributed by atoms with Crippen molar-refractivity contribution < 1.29 is 24.5 Å². The zero-order chi connectivity index (χ0) is 11.7. The summed E-state index contributed by atoms with van der Waals surface area (Å²) in [6.45, 7) is 1.86. The van der Waals surface area contributed by atoms with Crippen LogP contribution in [0.3, 0.4) is 0 Å². The molecule has 1 amide bonds. The molecular formula is C9H17NO5. The summed E-state index contributed by atoms with van der Waals surface area (Å²) < 4.78 is 4.66. The first-order chi connectivity index (χ1) is 7.11. The third-order valence-electron chi connectivity index (χ3n) is 1.67. The van der Waals surface area contributed by atoms with Crippen LogP contribution >= 0.6 is 0 Å². The van der Waals surface area contributed by atoms with Crippen molar-refractivity contribution in [3.8, 4) is 0 Å². The smallest absolute Gasteiger partial charge is 0.329 e. The molecule has 0 fully saturated rings. The number of amides is 1. The van der Waals surface area contributed by atoms with Gasteiger partial charge in [-0.15, -0.1) is 0 Å². The Morgan fingerprint density at radius 1 is 1.27 bits per heavy atom. The van der Waals surface area contributed by atoms with Gasteiger partial charge >= 0.3 is 5.97 Å². The molecule has 0 heterocycles. The van der Waals surface area contributed by atoms with Gasteiger partial charge in [-0.25, -0.2) is 4.79 Å². The molecular weight excluding hydrogens is 202 g/mol. The summed E-state index contributed by atoms with van der Waals surface area (Å²) >= 11 is 0. The Bertz CT molecular complexity index is 201. The van der Waals surface area contributed by atoms with Gasteiger partial charge in [0.05, 0.1) is 6.61 Å². The standard InChI is InChI=1S/C9H17NO5/c1-2-3-10(4-5-11)8(12)6-15-7-9(13)14/h11H,2-7H2,1H3,(H,13,14). The minimum Gasteiger partial charge on any atom is -0.480 e. The summed E-state index contributed by atoms with van der Waals surface area (Å²) in [5.41, 5.74) is 0. The van der Waals surface area contributed by atoms with Crippen LogP contribution < -0.4 is 0 Å². The first-order valence-electron chi connectivity index (χ1n) is 4.80. The number of carboxylic acid groups (broad SMARTS) is 1. The molecule has 0 bridgehead atoms. The lowest BCUT2D eigenvalue weighted by molar-refractivity contribution is -0.146. The number of aliphatic hydroxyl groups is 1. The van der Waals surface area contributed by atoms with Crippen molar-refractivity contribution >= 4 is 11.9 Å². The highest BCUT2D eigenvalue weighted by Gasteiger charge is 2.12. The van der Waals surface area contributed by atoms with E-state index in [1.165, 1.54) is 4.90 Å². The second-order valence-corrected chi connectivity index (χ2v) is 2.99. The fourth-order valence-corrected chi connectivity index (χ4v) is 1.07. The van der Waals surface area contributed by atoms with Crippen LogP contribution in [0.4, 0.5) is 0 Å². The third kappa shape index (κ3) is 6.87. The quantitative estimate of drug-likeness (QED) is 0.564. The van der Waals surface area contributed by atoms with E-state index in [2.05, 4.69) is 4.74 Å². The summed E-state index contributed by atoms with van der Waals surface area (Å²) in [5.74, 6) is -1.40. The Morgan fingerprint density at radius 3 is 2.40 bits per heavy atom. The molecule has 0 spiro atoms. The number of aliphatic hydroxyl groups excluding tert-OH is 1. The maximum atomic E-state index is 11.4. The molecule has 2 N–H and O–H groups in total. The first-order valence-corrected chi connectivity index (χ1v) is 4.80. The number of nitrogens with zero attached hydrogens (tertiary/aromatic N) is 1.